The monoisotopic (exact) mass is 351 g/mol. The number of nitrogens with one attached hydrogen (secondary N) is 2. The third-order valence-electron chi connectivity index (χ3n) is 3.88. The van der Waals surface area contributed by atoms with Gasteiger partial charge in [0, 0.05) is 18.2 Å². The molecule has 0 radical (unpaired) electrons. The number of aromatic nitrogens is 2. The molecular formula is C20H25N5O. The quantitative estimate of drug-likeness (QED) is 0.573. The standard InChI is InChI=1S/C20H25N5O/c1-25(2)12-7-11-21-20-23-18(16-8-4-3-5-9-16)14-19(24-20)22-15-17-10-6-13-26-17/h3-6,8-10,13-14H,7,11-12,15H2,1-2H3,(H2,21,22,23,24). The highest BCUT2D eigenvalue weighted by atomic mass is 16.3. The molecule has 6 nitrogen and oxygen atoms in total. The average Bonchev–Trinajstić information content (AvgIpc) is 3.18. The molecule has 6 heteroatoms. The van der Waals surface area contributed by atoms with Crippen LogP contribution in [0.25, 0.3) is 11.3 Å². The van der Waals surface area contributed by atoms with Gasteiger partial charge in [-0.05, 0) is 39.2 Å². The SMILES string of the molecule is CN(C)CCCNc1nc(NCc2ccco2)cc(-c2ccccc2)n1. The summed E-state index contributed by atoms with van der Waals surface area (Å²) in [5, 5.41) is 6.64. The van der Waals surface area contributed by atoms with Crippen molar-refractivity contribution in [2.75, 3.05) is 37.8 Å². The zero-order chi connectivity index (χ0) is 18.2. The highest BCUT2D eigenvalue weighted by Gasteiger charge is 2.07. The fraction of sp³-hybridized carbons (Fsp3) is 0.300. The van der Waals surface area contributed by atoms with Crippen molar-refractivity contribution in [2.24, 2.45) is 0 Å². The summed E-state index contributed by atoms with van der Waals surface area (Å²) in [6.07, 6.45) is 2.70. The summed E-state index contributed by atoms with van der Waals surface area (Å²) < 4.78 is 5.38. The lowest BCUT2D eigenvalue weighted by atomic mass is 10.1. The van der Waals surface area contributed by atoms with Gasteiger partial charge < -0.3 is 20.0 Å². The van der Waals surface area contributed by atoms with E-state index < -0.39 is 0 Å². The smallest absolute Gasteiger partial charge is 0.225 e. The Morgan fingerprint density at radius 1 is 1.00 bits per heavy atom. The van der Waals surface area contributed by atoms with Crippen LogP contribution >= 0.6 is 0 Å². The third-order valence-corrected chi connectivity index (χ3v) is 3.88. The minimum absolute atomic E-state index is 0.582. The van der Waals surface area contributed by atoms with Crippen molar-refractivity contribution in [1.29, 1.82) is 0 Å². The molecule has 0 aliphatic carbocycles. The number of furan rings is 1. The summed E-state index contributed by atoms with van der Waals surface area (Å²) >= 11 is 0. The van der Waals surface area contributed by atoms with Crippen LogP contribution in [0.1, 0.15) is 12.2 Å². The number of anilines is 2. The van der Waals surface area contributed by atoms with E-state index in [0.717, 1.165) is 42.3 Å². The zero-order valence-corrected chi connectivity index (χ0v) is 15.3. The largest absolute Gasteiger partial charge is 0.467 e. The minimum Gasteiger partial charge on any atom is -0.467 e. The Kier molecular flexibility index (Phi) is 6.22. The van der Waals surface area contributed by atoms with Crippen molar-refractivity contribution in [3.8, 4) is 11.3 Å². The number of nitrogens with zero attached hydrogens (tertiary/aromatic N) is 3. The summed E-state index contributed by atoms with van der Waals surface area (Å²) in [5.74, 6) is 2.27. The topological polar surface area (TPSA) is 66.2 Å². The first kappa shape index (κ1) is 17.9. The first-order valence-corrected chi connectivity index (χ1v) is 8.80. The van der Waals surface area contributed by atoms with Gasteiger partial charge in [-0.3, -0.25) is 0 Å². The maximum absolute atomic E-state index is 5.38. The van der Waals surface area contributed by atoms with E-state index in [1.165, 1.54) is 0 Å². The Hall–Kier alpha value is -2.86. The molecule has 0 bridgehead atoms. The van der Waals surface area contributed by atoms with Gasteiger partial charge in [-0.25, -0.2) is 4.98 Å². The molecule has 0 spiro atoms. The van der Waals surface area contributed by atoms with Crippen LogP contribution in [-0.2, 0) is 6.54 Å². The number of rotatable bonds is 9. The molecule has 2 N–H and O–H groups in total. The second-order valence-corrected chi connectivity index (χ2v) is 6.34. The molecule has 136 valence electrons. The summed E-state index contributed by atoms with van der Waals surface area (Å²) in [4.78, 5) is 11.4. The number of hydrogen-bond donors (Lipinski definition) is 2. The van der Waals surface area contributed by atoms with Crippen LogP contribution in [-0.4, -0.2) is 42.1 Å². The number of benzene rings is 1. The molecule has 0 atom stereocenters. The highest BCUT2D eigenvalue weighted by molar-refractivity contribution is 5.64. The highest BCUT2D eigenvalue weighted by Crippen LogP contribution is 2.21. The Bertz CT molecular complexity index is 787. The normalized spacial score (nSPS) is 10.9. The second-order valence-electron chi connectivity index (χ2n) is 6.34. The fourth-order valence-corrected chi connectivity index (χ4v) is 2.56. The second kappa shape index (κ2) is 9.01. The molecule has 3 aromatic rings. The molecule has 0 amide bonds. The van der Waals surface area contributed by atoms with Crippen molar-refractivity contribution < 1.29 is 4.42 Å². The van der Waals surface area contributed by atoms with Gasteiger partial charge in [-0.15, -0.1) is 0 Å². The van der Waals surface area contributed by atoms with Crippen molar-refractivity contribution in [1.82, 2.24) is 14.9 Å². The van der Waals surface area contributed by atoms with Crippen LogP contribution in [0.15, 0.2) is 59.2 Å². The number of hydrogen-bond acceptors (Lipinski definition) is 6. The molecule has 1 aromatic carbocycles. The molecule has 0 saturated carbocycles. The predicted molar refractivity (Wildman–Crippen MR) is 105 cm³/mol. The van der Waals surface area contributed by atoms with Gasteiger partial charge in [0.05, 0.1) is 18.5 Å². The molecule has 0 aliphatic heterocycles. The van der Waals surface area contributed by atoms with E-state index in [-0.39, 0.29) is 0 Å². The maximum Gasteiger partial charge on any atom is 0.225 e. The Labute approximate surface area is 154 Å². The first-order valence-electron chi connectivity index (χ1n) is 8.80. The zero-order valence-electron chi connectivity index (χ0n) is 15.3. The predicted octanol–water partition coefficient (Wildman–Crippen LogP) is 3.71. The van der Waals surface area contributed by atoms with Crippen LogP contribution in [0, 0.1) is 0 Å². The molecule has 0 aliphatic rings. The lowest BCUT2D eigenvalue weighted by Crippen LogP contribution is -2.17. The molecular weight excluding hydrogens is 326 g/mol. The van der Waals surface area contributed by atoms with Crippen molar-refractivity contribution in [2.45, 2.75) is 13.0 Å². The van der Waals surface area contributed by atoms with Crippen LogP contribution in [0.2, 0.25) is 0 Å². The van der Waals surface area contributed by atoms with E-state index in [0.29, 0.717) is 12.5 Å². The van der Waals surface area contributed by atoms with Gasteiger partial charge in [-0.1, -0.05) is 30.3 Å². The summed E-state index contributed by atoms with van der Waals surface area (Å²) in [7, 11) is 4.15. The Balaban J connectivity index is 1.75. The summed E-state index contributed by atoms with van der Waals surface area (Å²) in [5.41, 5.74) is 1.95. The van der Waals surface area contributed by atoms with E-state index >= 15 is 0 Å². The Morgan fingerprint density at radius 2 is 1.85 bits per heavy atom. The van der Waals surface area contributed by atoms with Gasteiger partial charge in [0.1, 0.15) is 11.6 Å². The van der Waals surface area contributed by atoms with Crippen LogP contribution in [0.4, 0.5) is 11.8 Å². The molecule has 0 saturated heterocycles. The molecule has 2 heterocycles. The van der Waals surface area contributed by atoms with Gasteiger partial charge in [0.2, 0.25) is 5.95 Å². The lowest BCUT2D eigenvalue weighted by molar-refractivity contribution is 0.405. The average molecular weight is 351 g/mol. The molecule has 2 aromatic heterocycles. The molecule has 3 rings (SSSR count). The van der Waals surface area contributed by atoms with Crippen molar-refractivity contribution in [3.63, 3.8) is 0 Å². The van der Waals surface area contributed by atoms with Crippen LogP contribution in [0.3, 0.4) is 0 Å². The Morgan fingerprint density at radius 3 is 2.58 bits per heavy atom. The van der Waals surface area contributed by atoms with Crippen molar-refractivity contribution >= 4 is 11.8 Å². The van der Waals surface area contributed by atoms with Gasteiger partial charge >= 0.3 is 0 Å². The van der Waals surface area contributed by atoms with Crippen molar-refractivity contribution in [3.05, 3.63) is 60.6 Å². The summed E-state index contributed by atoms with van der Waals surface area (Å²) in [6.45, 7) is 2.43. The lowest BCUT2D eigenvalue weighted by Gasteiger charge is -2.12. The maximum atomic E-state index is 5.38. The van der Waals surface area contributed by atoms with E-state index in [2.05, 4.69) is 51.7 Å². The molecule has 0 fully saturated rings. The fourth-order valence-electron chi connectivity index (χ4n) is 2.56. The van der Waals surface area contributed by atoms with Gasteiger partial charge in [0.15, 0.2) is 0 Å². The van der Waals surface area contributed by atoms with Gasteiger partial charge in [0.25, 0.3) is 0 Å². The van der Waals surface area contributed by atoms with E-state index in [1.54, 1.807) is 6.26 Å². The minimum atomic E-state index is 0.582. The molecule has 0 unspecified atom stereocenters. The summed E-state index contributed by atoms with van der Waals surface area (Å²) in [6, 6.07) is 15.9. The molecule has 26 heavy (non-hydrogen) atoms. The van der Waals surface area contributed by atoms with Gasteiger partial charge in [-0.2, -0.15) is 4.98 Å². The first-order chi connectivity index (χ1) is 12.7. The van der Waals surface area contributed by atoms with Crippen LogP contribution in [0.5, 0.6) is 0 Å². The van der Waals surface area contributed by atoms with E-state index in [1.807, 2.05) is 36.4 Å². The van der Waals surface area contributed by atoms with Crippen LogP contribution < -0.4 is 10.6 Å². The van der Waals surface area contributed by atoms with E-state index in [4.69, 9.17) is 4.42 Å². The van der Waals surface area contributed by atoms with E-state index in [9.17, 15) is 0 Å². The third kappa shape index (κ3) is 5.32.